The molecule has 1 heterocycles. The smallest absolute Gasteiger partial charge is 0.222 e. The van der Waals surface area contributed by atoms with Crippen molar-refractivity contribution >= 4 is 11.9 Å². The van der Waals surface area contributed by atoms with E-state index >= 15 is 0 Å². The third kappa shape index (κ3) is 5.41. The minimum absolute atomic E-state index is 0.0580. The second-order valence-corrected chi connectivity index (χ2v) is 6.03. The summed E-state index contributed by atoms with van der Waals surface area (Å²) in [6.07, 6.45) is 1.56. The summed E-state index contributed by atoms with van der Waals surface area (Å²) in [6.45, 7) is 6.16. The fourth-order valence-electron chi connectivity index (χ4n) is 2.89. The Kier molecular flexibility index (Phi) is 7.16. The van der Waals surface area contributed by atoms with Crippen LogP contribution in [-0.4, -0.2) is 49.0 Å². The summed E-state index contributed by atoms with van der Waals surface area (Å²) in [6, 6.07) is 4.00. The number of benzene rings is 1. The van der Waals surface area contributed by atoms with E-state index in [0.29, 0.717) is 25.5 Å². The van der Waals surface area contributed by atoms with Gasteiger partial charge in [0.15, 0.2) is 5.96 Å². The van der Waals surface area contributed by atoms with Gasteiger partial charge in [0.25, 0.3) is 0 Å². The van der Waals surface area contributed by atoms with Crippen molar-refractivity contribution in [2.75, 3.05) is 26.2 Å². The highest BCUT2D eigenvalue weighted by molar-refractivity contribution is 5.80. The van der Waals surface area contributed by atoms with Crippen LogP contribution in [0.25, 0.3) is 0 Å². The molecule has 1 aliphatic heterocycles. The summed E-state index contributed by atoms with van der Waals surface area (Å²) in [7, 11) is 0. The van der Waals surface area contributed by atoms with Gasteiger partial charge in [-0.3, -0.25) is 9.79 Å². The molecule has 0 saturated carbocycles. The summed E-state index contributed by atoms with van der Waals surface area (Å²) < 4.78 is 27.3. The average molecular weight is 352 g/mol. The molecule has 25 heavy (non-hydrogen) atoms. The molecule has 1 amide bonds. The zero-order valence-corrected chi connectivity index (χ0v) is 14.8. The second kappa shape index (κ2) is 9.34. The number of guanidine groups is 1. The predicted molar refractivity (Wildman–Crippen MR) is 94.5 cm³/mol. The summed E-state index contributed by atoms with van der Waals surface area (Å²) in [5.74, 6) is -0.327. The number of nitrogens with one attached hydrogen (secondary N) is 2. The van der Waals surface area contributed by atoms with E-state index in [0.717, 1.165) is 13.0 Å². The fourth-order valence-corrected chi connectivity index (χ4v) is 2.89. The maximum absolute atomic E-state index is 13.6. The van der Waals surface area contributed by atoms with Gasteiger partial charge in [-0.1, -0.05) is 13.0 Å². The van der Waals surface area contributed by atoms with Crippen LogP contribution in [0.4, 0.5) is 8.78 Å². The number of aliphatic imine (C=N–C) groups is 1. The third-order valence-corrected chi connectivity index (χ3v) is 4.22. The third-order valence-electron chi connectivity index (χ3n) is 4.22. The van der Waals surface area contributed by atoms with Crippen molar-refractivity contribution in [3.63, 3.8) is 0 Å². The molecule has 1 unspecified atom stereocenters. The Morgan fingerprint density at radius 3 is 2.68 bits per heavy atom. The fraction of sp³-hybridized carbons (Fsp3) is 0.556. The molecule has 0 radical (unpaired) electrons. The molecule has 1 aromatic rings. The molecule has 2 N–H and O–H groups in total. The Hall–Kier alpha value is -2.18. The Morgan fingerprint density at radius 1 is 1.32 bits per heavy atom. The van der Waals surface area contributed by atoms with Gasteiger partial charge in [-0.25, -0.2) is 8.78 Å². The molecule has 1 aromatic carbocycles. The second-order valence-electron chi connectivity index (χ2n) is 6.03. The van der Waals surface area contributed by atoms with Crippen LogP contribution >= 0.6 is 0 Å². The number of amides is 1. The van der Waals surface area contributed by atoms with Crippen LogP contribution in [0.1, 0.15) is 32.3 Å². The zero-order valence-electron chi connectivity index (χ0n) is 14.8. The Balaban J connectivity index is 1.91. The minimum Gasteiger partial charge on any atom is -0.357 e. The van der Waals surface area contributed by atoms with Crippen LogP contribution in [0.5, 0.6) is 0 Å². The molecule has 0 aromatic heterocycles. The lowest BCUT2D eigenvalue weighted by Crippen LogP contribution is -2.45. The van der Waals surface area contributed by atoms with Crippen LogP contribution in [0.2, 0.25) is 0 Å². The summed E-state index contributed by atoms with van der Waals surface area (Å²) >= 11 is 0. The number of nitrogens with zero attached hydrogens (tertiary/aromatic N) is 2. The van der Waals surface area contributed by atoms with Gasteiger partial charge in [-0.15, -0.1) is 0 Å². The standard InChI is InChI=1S/C18H26F2N4O/c1-3-17(25)24-11-9-13(12-24)23-18(21-4-2)22-10-8-14-15(19)6-5-7-16(14)20/h5-7,13H,3-4,8-12H2,1-2H3,(H2,21,22,23). The molecule has 1 atom stereocenters. The van der Waals surface area contributed by atoms with Crippen molar-refractivity contribution in [2.24, 2.45) is 4.99 Å². The van der Waals surface area contributed by atoms with Gasteiger partial charge in [0.2, 0.25) is 5.91 Å². The number of carbonyl (C=O) groups is 1. The van der Waals surface area contributed by atoms with E-state index in [1.807, 2.05) is 18.7 Å². The number of halogens is 2. The van der Waals surface area contributed by atoms with Gasteiger partial charge in [-0.05, 0) is 31.9 Å². The molecule has 1 saturated heterocycles. The Labute approximate surface area is 147 Å². The first kappa shape index (κ1) is 19.1. The summed E-state index contributed by atoms with van der Waals surface area (Å²) in [4.78, 5) is 18.0. The van der Waals surface area contributed by atoms with E-state index in [1.54, 1.807) is 0 Å². The van der Waals surface area contributed by atoms with Gasteiger partial charge >= 0.3 is 0 Å². The van der Waals surface area contributed by atoms with E-state index in [4.69, 9.17) is 0 Å². The zero-order chi connectivity index (χ0) is 18.2. The van der Waals surface area contributed by atoms with Crippen molar-refractivity contribution in [3.05, 3.63) is 35.4 Å². The first-order valence-electron chi connectivity index (χ1n) is 8.80. The number of hydrogen-bond donors (Lipinski definition) is 2. The van der Waals surface area contributed by atoms with E-state index in [1.165, 1.54) is 18.2 Å². The molecule has 1 fully saturated rings. The van der Waals surface area contributed by atoms with Crippen LogP contribution < -0.4 is 10.6 Å². The number of carbonyl (C=O) groups excluding carboxylic acids is 1. The SMILES string of the molecule is CCNC(=NCCc1c(F)cccc1F)NC1CCN(C(=O)CC)C1. The van der Waals surface area contributed by atoms with E-state index < -0.39 is 11.6 Å². The molecule has 0 aliphatic carbocycles. The molecule has 2 rings (SSSR count). The average Bonchev–Trinajstić information content (AvgIpc) is 3.05. The highest BCUT2D eigenvalue weighted by atomic mass is 19.1. The number of likely N-dealkylation sites (tertiary alicyclic amines) is 1. The molecule has 7 heteroatoms. The van der Waals surface area contributed by atoms with Crippen molar-refractivity contribution in [2.45, 2.75) is 39.2 Å². The minimum atomic E-state index is -0.544. The van der Waals surface area contributed by atoms with Gasteiger partial charge in [0.05, 0.1) is 0 Å². The summed E-state index contributed by atoms with van der Waals surface area (Å²) in [5.41, 5.74) is 0.0580. The van der Waals surface area contributed by atoms with E-state index in [9.17, 15) is 13.6 Å². The van der Waals surface area contributed by atoms with E-state index in [-0.39, 0.29) is 30.5 Å². The van der Waals surface area contributed by atoms with Gasteiger partial charge < -0.3 is 15.5 Å². The quantitative estimate of drug-likeness (QED) is 0.609. The molecule has 138 valence electrons. The van der Waals surface area contributed by atoms with Crippen molar-refractivity contribution in [1.29, 1.82) is 0 Å². The van der Waals surface area contributed by atoms with Crippen LogP contribution in [-0.2, 0) is 11.2 Å². The monoisotopic (exact) mass is 352 g/mol. The highest BCUT2D eigenvalue weighted by Crippen LogP contribution is 2.13. The first-order valence-corrected chi connectivity index (χ1v) is 8.80. The van der Waals surface area contributed by atoms with Gasteiger partial charge in [-0.2, -0.15) is 0 Å². The molecule has 1 aliphatic rings. The largest absolute Gasteiger partial charge is 0.357 e. The normalized spacial score (nSPS) is 17.7. The maximum Gasteiger partial charge on any atom is 0.222 e. The van der Waals surface area contributed by atoms with Crippen LogP contribution in [0.15, 0.2) is 23.2 Å². The van der Waals surface area contributed by atoms with Crippen LogP contribution in [0.3, 0.4) is 0 Å². The first-order chi connectivity index (χ1) is 12.0. The predicted octanol–water partition coefficient (Wildman–Crippen LogP) is 2.07. The van der Waals surface area contributed by atoms with Crippen molar-refractivity contribution in [3.8, 4) is 0 Å². The molecular formula is C18H26F2N4O. The highest BCUT2D eigenvalue weighted by Gasteiger charge is 2.25. The van der Waals surface area contributed by atoms with Crippen LogP contribution in [0, 0.1) is 11.6 Å². The molecular weight excluding hydrogens is 326 g/mol. The topological polar surface area (TPSA) is 56.7 Å². The number of hydrogen-bond acceptors (Lipinski definition) is 2. The lowest BCUT2D eigenvalue weighted by Gasteiger charge is -2.18. The Bertz CT molecular complexity index is 601. The maximum atomic E-state index is 13.6. The lowest BCUT2D eigenvalue weighted by molar-refractivity contribution is -0.129. The molecule has 0 spiro atoms. The Morgan fingerprint density at radius 2 is 2.04 bits per heavy atom. The lowest BCUT2D eigenvalue weighted by atomic mass is 10.1. The summed E-state index contributed by atoms with van der Waals surface area (Å²) in [5, 5.41) is 6.43. The number of rotatable bonds is 6. The van der Waals surface area contributed by atoms with Crippen molar-refractivity contribution in [1.82, 2.24) is 15.5 Å². The molecule has 5 nitrogen and oxygen atoms in total. The van der Waals surface area contributed by atoms with Crippen molar-refractivity contribution < 1.29 is 13.6 Å². The van der Waals surface area contributed by atoms with Gasteiger partial charge in [0.1, 0.15) is 11.6 Å². The van der Waals surface area contributed by atoms with Gasteiger partial charge in [0, 0.05) is 44.2 Å². The molecule has 0 bridgehead atoms. The van der Waals surface area contributed by atoms with E-state index in [2.05, 4.69) is 15.6 Å².